The third kappa shape index (κ3) is 5.82. The summed E-state index contributed by atoms with van der Waals surface area (Å²) in [5.41, 5.74) is 1.58. The number of benzene rings is 1. The summed E-state index contributed by atoms with van der Waals surface area (Å²) >= 11 is 0. The molecule has 2 atom stereocenters. The Balaban J connectivity index is 1.85. The van der Waals surface area contributed by atoms with Crippen molar-refractivity contribution in [1.82, 2.24) is 29.7 Å². The van der Waals surface area contributed by atoms with Crippen LogP contribution in [-0.4, -0.2) is 71.3 Å². The standard InChI is InChI=1S/C26H31N7O6S/c1-7-39-23(24-27-14-16(2)15-28-24)17(3)40(34,35)32-26-31-30-25(18-10-8-13-21(29-18)38-6)33(26)22-19(36-4)11-9-12-20(22)37-5/h8-15,17,23H,7H2,1-6H3,(H,31,32)/t17-,23+/m0/s1. The van der Waals surface area contributed by atoms with Crippen molar-refractivity contribution in [3.63, 3.8) is 0 Å². The molecule has 0 radical (unpaired) electrons. The predicted octanol–water partition coefficient (Wildman–Crippen LogP) is 3.36. The SMILES string of the molecule is CCO[C@@H](c1ncc(C)cn1)[C@H](C)S(=O)(=O)Nc1nnc(-c2cccc(OC)n2)n1-c1c(OC)cccc1OC. The van der Waals surface area contributed by atoms with Crippen molar-refractivity contribution < 1.29 is 27.4 Å². The van der Waals surface area contributed by atoms with Gasteiger partial charge in [0.2, 0.25) is 21.9 Å². The number of hydrogen-bond acceptors (Lipinski definition) is 11. The Labute approximate surface area is 232 Å². The van der Waals surface area contributed by atoms with Crippen molar-refractivity contribution in [2.45, 2.75) is 32.1 Å². The Kier molecular flexibility index (Phi) is 8.80. The van der Waals surface area contributed by atoms with Gasteiger partial charge in [-0.05, 0) is 44.5 Å². The highest BCUT2D eigenvalue weighted by Crippen LogP contribution is 2.38. The van der Waals surface area contributed by atoms with Gasteiger partial charge in [0.15, 0.2) is 11.6 Å². The molecule has 14 heteroatoms. The van der Waals surface area contributed by atoms with E-state index in [0.717, 1.165) is 5.56 Å². The van der Waals surface area contributed by atoms with Gasteiger partial charge in [-0.15, -0.1) is 10.2 Å². The molecular weight excluding hydrogens is 538 g/mol. The average Bonchev–Trinajstić information content (AvgIpc) is 3.37. The van der Waals surface area contributed by atoms with E-state index in [0.29, 0.717) is 28.8 Å². The smallest absolute Gasteiger partial charge is 0.243 e. The first-order chi connectivity index (χ1) is 19.2. The minimum absolute atomic E-state index is 0.116. The number of nitrogens with zero attached hydrogens (tertiary/aromatic N) is 6. The monoisotopic (exact) mass is 569 g/mol. The van der Waals surface area contributed by atoms with Crippen molar-refractivity contribution in [3.8, 4) is 34.6 Å². The maximum absolute atomic E-state index is 13.8. The summed E-state index contributed by atoms with van der Waals surface area (Å²) in [5, 5.41) is 7.36. The van der Waals surface area contributed by atoms with Gasteiger partial charge in [-0.3, -0.25) is 9.29 Å². The molecule has 0 aliphatic rings. The number of methoxy groups -OCH3 is 3. The van der Waals surface area contributed by atoms with E-state index in [-0.39, 0.29) is 24.2 Å². The molecular formula is C26H31N7O6S. The normalized spacial score (nSPS) is 12.9. The summed E-state index contributed by atoms with van der Waals surface area (Å²) in [7, 11) is 0.329. The molecule has 212 valence electrons. The number of pyridine rings is 1. The van der Waals surface area contributed by atoms with E-state index in [9.17, 15) is 8.42 Å². The lowest BCUT2D eigenvalue weighted by Crippen LogP contribution is -2.34. The number of aromatic nitrogens is 6. The zero-order chi connectivity index (χ0) is 28.9. The van der Waals surface area contributed by atoms with Crippen LogP contribution in [0.5, 0.6) is 17.4 Å². The van der Waals surface area contributed by atoms with Gasteiger partial charge in [-0.25, -0.2) is 23.4 Å². The highest BCUT2D eigenvalue weighted by Gasteiger charge is 2.35. The first kappa shape index (κ1) is 28.7. The van der Waals surface area contributed by atoms with Crippen LogP contribution < -0.4 is 18.9 Å². The Bertz CT molecular complexity index is 1540. The summed E-state index contributed by atoms with van der Waals surface area (Å²) in [5.74, 6) is 1.46. The molecule has 40 heavy (non-hydrogen) atoms. The van der Waals surface area contributed by atoms with E-state index < -0.39 is 21.4 Å². The fourth-order valence-electron chi connectivity index (χ4n) is 3.97. The fraction of sp³-hybridized carbons (Fsp3) is 0.346. The molecule has 4 rings (SSSR count). The lowest BCUT2D eigenvalue weighted by molar-refractivity contribution is 0.0557. The van der Waals surface area contributed by atoms with Crippen molar-refractivity contribution in [2.75, 3.05) is 32.7 Å². The second-order valence-electron chi connectivity index (χ2n) is 8.61. The van der Waals surface area contributed by atoms with Crippen LogP contribution in [0, 0.1) is 6.92 Å². The van der Waals surface area contributed by atoms with Gasteiger partial charge in [0.25, 0.3) is 0 Å². The molecule has 13 nitrogen and oxygen atoms in total. The van der Waals surface area contributed by atoms with Crippen LogP contribution in [0.3, 0.4) is 0 Å². The van der Waals surface area contributed by atoms with Crippen LogP contribution >= 0.6 is 0 Å². The van der Waals surface area contributed by atoms with E-state index in [1.165, 1.54) is 32.8 Å². The third-order valence-electron chi connectivity index (χ3n) is 6.00. The molecule has 0 saturated heterocycles. The molecule has 0 amide bonds. The van der Waals surface area contributed by atoms with Crippen LogP contribution in [0.25, 0.3) is 17.2 Å². The minimum atomic E-state index is -4.15. The van der Waals surface area contributed by atoms with Crippen LogP contribution in [0.4, 0.5) is 5.95 Å². The maximum atomic E-state index is 13.8. The molecule has 4 aromatic rings. The average molecular weight is 570 g/mol. The van der Waals surface area contributed by atoms with Crippen LogP contribution in [0.1, 0.15) is 31.3 Å². The van der Waals surface area contributed by atoms with E-state index in [1.807, 2.05) is 6.92 Å². The minimum Gasteiger partial charge on any atom is -0.494 e. The zero-order valence-electron chi connectivity index (χ0n) is 23.0. The van der Waals surface area contributed by atoms with Crippen LogP contribution in [0.2, 0.25) is 0 Å². The molecule has 0 saturated carbocycles. The molecule has 0 unspecified atom stereocenters. The molecule has 0 spiro atoms. The van der Waals surface area contributed by atoms with Crippen LogP contribution in [0.15, 0.2) is 48.8 Å². The topological polar surface area (TPSA) is 152 Å². The molecule has 3 heterocycles. The number of hydrogen-bond donors (Lipinski definition) is 1. The summed E-state index contributed by atoms with van der Waals surface area (Å²) < 4.78 is 53.9. The number of anilines is 1. The van der Waals surface area contributed by atoms with E-state index in [1.54, 1.807) is 55.7 Å². The van der Waals surface area contributed by atoms with Gasteiger partial charge >= 0.3 is 0 Å². The van der Waals surface area contributed by atoms with Crippen molar-refractivity contribution in [3.05, 3.63) is 60.2 Å². The lowest BCUT2D eigenvalue weighted by atomic mass is 10.2. The number of para-hydroxylation sites is 1. The largest absolute Gasteiger partial charge is 0.494 e. The van der Waals surface area contributed by atoms with Crippen LogP contribution in [-0.2, 0) is 14.8 Å². The fourth-order valence-corrected chi connectivity index (χ4v) is 5.06. The molecule has 0 aliphatic heterocycles. The summed E-state index contributed by atoms with van der Waals surface area (Å²) in [6, 6.07) is 10.3. The summed E-state index contributed by atoms with van der Waals surface area (Å²) in [6.45, 7) is 5.38. The predicted molar refractivity (Wildman–Crippen MR) is 147 cm³/mol. The van der Waals surface area contributed by atoms with Gasteiger partial charge in [-0.1, -0.05) is 12.1 Å². The number of nitrogens with one attached hydrogen (secondary N) is 1. The lowest BCUT2D eigenvalue weighted by Gasteiger charge is -2.23. The van der Waals surface area contributed by atoms with Gasteiger partial charge in [0.05, 0.1) is 21.3 Å². The molecule has 0 fully saturated rings. The Morgan fingerprint density at radius 3 is 2.20 bits per heavy atom. The van der Waals surface area contributed by atoms with Gasteiger partial charge in [0.1, 0.15) is 34.2 Å². The maximum Gasteiger partial charge on any atom is 0.243 e. The molecule has 0 bridgehead atoms. The third-order valence-corrected chi connectivity index (χ3v) is 7.69. The number of ether oxygens (including phenoxy) is 4. The first-order valence-corrected chi connectivity index (χ1v) is 13.9. The second-order valence-corrected chi connectivity index (χ2v) is 10.6. The van der Waals surface area contributed by atoms with E-state index >= 15 is 0 Å². The van der Waals surface area contributed by atoms with Gasteiger partial charge in [0, 0.05) is 25.1 Å². The van der Waals surface area contributed by atoms with E-state index in [4.69, 9.17) is 18.9 Å². The van der Waals surface area contributed by atoms with Gasteiger partial charge < -0.3 is 18.9 Å². The Hall–Kier alpha value is -4.30. The molecule has 3 aromatic heterocycles. The summed E-state index contributed by atoms with van der Waals surface area (Å²) in [4.78, 5) is 13.1. The van der Waals surface area contributed by atoms with Crippen molar-refractivity contribution >= 4 is 16.0 Å². The van der Waals surface area contributed by atoms with E-state index in [2.05, 4.69) is 29.9 Å². The summed E-state index contributed by atoms with van der Waals surface area (Å²) in [6.07, 6.45) is 2.28. The number of sulfonamides is 1. The van der Waals surface area contributed by atoms with Crippen molar-refractivity contribution in [2.24, 2.45) is 0 Å². The Morgan fingerprint density at radius 2 is 1.60 bits per heavy atom. The van der Waals surface area contributed by atoms with Crippen molar-refractivity contribution in [1.29, 1.82) is 0 Å². The molecule has 1 N–H and O–H groups in total. The Morgan fingerprint density at radius 1 is 0.950 bits per heavy atom. The molecule has 1 aromatic carbocycles. The molecule has 0 aliphatic carbocycles. The highest BCUT2D eigenvalue weighted by molar-refractivity contribution is 7.93. The number of rotatable bonds is 12. The first-order valence-electron chi connectivity index (χ1n) is 12.3. The second kappa shape index (κ2) is 12.3. The highest BCUT2D eigenvalue weighted by atomic mass is 32.2. The quantitative estimate of drug-likeness (QED) is 0.267. The van der Waals surface area contributed by atoms with Gasteiger partial charge in [-0.2, -0.15) is 0 Å². The zero-order valence-corrected chi connectivity index (χ0v) is 23.8. The number of aryl methyl sites for hydroxylation is 1.